The summed E-state index contributed by atoms with van der Waals surface area (Å²) in [5.41, 5.74) is 2.48. The van der Waals surface area contributed by atoms with Crippen molar-refractivity contribution in [3.63, 3.8) is 0 Å². The second-order valence-corrected chi connectivity index (χ2v) is 6.76. The predicted octanol–water partition coefficient (Wildman–Crippen LogP) is 5.98. The minimum atomic E-state index is -2.99. The summed E-state index contributed by atoms with van der Waals surface area (Å²) in [4.78, 5) is 12.3. The van der Waals surface area contributed by atoms with E-state index in [0.29, 0.717) is 17.2 Å². The molecule has 0 aliphatic carbocycles. The molecule has 3 aromatic rings. The monoisotopic (exact) mass is 421 g/mol. The molecule has 0 aliphatic rings. The van der Waals surface area contributed by atoms with Crippen LogP contribution in [0.25, 0.3) is 0 Å². The molecule has 0 saturated carbocycles. The highest BCUT2D eigenvalue weighted by molar-refractivity contribution is 6.32. The Labute approximate surface area is 171 Å². The van der Waals surface area contributed by atoms with Crippen molar-refractivity contribution in [1.29, 1.82) is 0 Å². The molecule has 1 heterocycles. The fourth-order valence-electron chi connectivity index (χ4n) is 2.71. The molecule has 0 spiro atoms. The van der Waals surface area contributed by atoms with Crippen LogP contribution in [0.2, 0.25) is 5.02 Å². The van der Waals surface area contributed by atoms with Crippen LogP contribution in [0, 0.1) is 13.8 Å². The molecular formula is C21H18ClF2NO4. The molecule has 0 atom stereocenters. The van der Waals surface area contributed by atoms with Crippen LogP contribution in [0.5, 0.6) is 11.5 Å². The number of nitrogens with one attached hydrogen (secondary N) is 1. The van der Waals surface area contributed by atoms with Gasteiger partial charge in [0.15, 0.2) is 5.76 Å². The molecule has 1 aromatic heterocycles. The highest BCUT2D eigenvalue weighted by atomic mass is 35.5. The SMILES string of the molecule is Cc1cc(C)cc(OCc2ccc(C(=O)Nc3ccc(OC(F)F)c(Cl)c3)o2)c1. The molecular weight excluding hydrogens is 404 g/mol. The maximum Gasteiger partial charge on any atom is 0.387 e. The number of rotatable bonds is 7. The number of benzene rings is 2. The quantitative estimate of drug-likeness (QED) is 0.509. The van der Waals surface area contributed by atoms with E-state index in [1.807, 2.05) is 32.0 Å². The van der Waals surface area contributed by atoms with Crippen LogP contribution in [0.15, 0.2) is 52.9 Å². The maximum absolute atomic E-state index is 12.3. The zero-order valence-electron chi connectivity index (χ0n) is 15.7. The van der Waals surface area contributed by atoms with Gasteiger partial charge in [0.2, 0.25) is 0 Å². The smallest absolute Gasteiger partial charge is 0.387 e. The van der Waals surface area contributed by atoms with Crippen LogP contribution in [-0.4, -0.2) is 12.5 Å². The highest BCUT2D eigenvalue weighted by Crippen LogP contribution is 2.29. The third-order valence-corrected chi connectivity index (χ3v) is 4.16. The van der Waals surface area contributed by atoms with Gasteiger partial charge < -0.3 is 19.2 Å². The van der Waals surface area contributed by atoms with Crippen LogP contribution in [-0.2, 0) is 6.61 Å². The summed E-state index contributed by atoms with van der Waals surface area (Å²) < 4.78 is 40.0. The topological polar surface area (TPSA) is 60.7 Å². The molecule has 8 heteroatoms. The van der Waals surface area contributed by atoms with Crippen molar-refractivity contribution < 1.29 is 27.5 Å². The number of hydrogen-bond donors (Lipinski definition) is 1. The van der Waals surface area contributed by atoms with Crippen LogP contribution < -0.4 is 14.8 Å². The van der Waals surface area contributed by atoms with Gasteiger partial charge in [-0.1, -0.05) is 17.7 Å². The number of aryl methyl sites for hydroxylation is 2. The fourth-order valence-corrected chi connectivity index (χ4v) is 2.94. The third kappa shape index (κ3) is 5.71. The molecule has 5 nitrogen and oxygen atoms in total. The van der Waals surface area contributed by atoms with Gasteiger partial charge in [-0.25, -0.2) is 0 Å². The minimum absolute atomic E-state index is 0.0509. The fraction of sp³-hybridized carbons (Fsp3) is 0.190. The number of amides is 1. The molecule has 0 radical (unpaired) electrons. The van der Waals surface area contributed by atoms with E-state index in [-0.39, 0.29) is 23.1 Å². The zero-order valence-corrected chi connectivity index (χ0v) is 16.4. The van der Waals surface area contributed by atoms with Crippen LogP contribution in [0.3, 0.4) is 0 Å². The second kappa shape index (κ2) is 8.96. The molecule has 3 rings (SSSR count). The van der Waals surface area contributed by atoms with E-state index in [9.17, 15) is 13.6 Å². The van der Waals surface area contributed by atoms with E-state index in [2.05, 4.69) is 10.1 Å². The van der Waals surface area contributed by atoms with Gasteiger partial charge in [-0.05, 0) is 67.4 Å². The van der Waals surface area contributed by atoms with Crippen molar-refractivity contribution in [2.45, 2.75) is 27.1 Å². The van der Waals surface area contributed by atoms with Gasteiger partial charge in [-0.2, -0.15) is 8.78 Å². The molecule has 2 aromatic carbocycles. The van der Waals surface area contributed by atoms with E-state index in [1.54, 1.807) is 6.07 Å². The first-order valence-electron chi connectivity index (χ1n) is 8.65. The minimum Gasteiger partial charge on any atom is -0.486 e. The second-order valence-electron chi connectivity index (χ2n) is 6.36. The number of hydrogen-bond acceptors (Lipinski definition) is 4. The number of furan rings is 1. The van der Waals surface area contributed by atoms with E-state index >= 15 is 0 Å². The summed E-state index contributed by atoms with van der Waals surface area (Å²) in [6, 6.07) is 13.0. The van der Waals surface area contributed by atoms with E-state index in [4.69, 9.17) is 20.8 Å². The van der Waals surface area contributed by atoms with Crippen LogP contribution in [0.4, 0.5) is 14.5 Å². The number of alkyl halides is 2. The molecule has 0 aliphatic heterocycles. The van der Waals surface area contributed by atoms with Crippen molar-refractivity contribution in [1.82, 2.24) is 0 Å². The predicted molar refractivity (Wildman–Crippen MR) is 105 cm³/mol. The lowest BCUT2D eigenvalue weighted by molar-refractivity contribution is -0.0497. The normalized spacial score (nSPS) is 10.8. The summed E-state index contributed by atoms with van der Waals surface area (Å²) in [5.74, 6) is 0.580. The van der Waals surface area contributed by atoms with Crippen molar-refractivity contribution in [3.8, 4) is 11.5 Å². The van der Waals surface area contributed by atoms with E-state index in [0.717, 1.165) is 11.1 Å². The van der Waals surface area contributed by atoms with Gasteiger partial charge in [-0.15, -0.1) is 0 Å². The molecule has 0 bridgehead atoms. The van der Waals surface area contributed by atoms with Crippen molar-refractivity contribution in [2.75, 3.05) is 5.32 Å². The van der Waals surface area contributed by atoms with Gasteiger partial charge >= 0.3 is 6.61 Å². The molecule has 0 unspecified atom stereocenters. The molecule has 0 saturated heterocycles. The summed E-state index contributed by atoms with van der Waals surface area (Å²) in [6.07, 6.45) is 0. The van der Waals surface area contributed by atoms with Crippen molar-refractivity contribution >= 4 is 23.2 Å². The Morgan fingerprint density at radius 1 is 1.10 bits per heavy atom. The number of halogens is 3. The first-order valence-corrected chi connectivity index (χ1v) is 9.03. The van der Waals surface area contributed by atoms with Crippen LogP contribution >= 0.6 is 11.6 Å². The summed E-state index contributed by atoms with van der Waals surface area (Å²) in [5, 5.41) is 2.53. The highest BCUT2D eigenvalue weighted by Gasteiger charge is 2.14. The third-order valence-electron chi connectivity index (χ3n) is 3.87. The molecule has 152 valence electrons. The Balaban J connectivity index is 1.61. The van der Waals surface area contributed by atoms with Crippen LogP contribution in [0.1, 0.15) is 27.4 Å². The Kier molecular flexibility index (Phi) is 6.39. The molecule has 0 fully saturated rings. The first kappa shape index (κ1) is 20.7. The Morgan fingerprint density at radius 2 is 1.83 bits per heavy atom. The van der Waals surface area contributed by atoms with Gasteiger partial charge in [0.1, 0.15) is 23.9 Å². The summed E-state index contributed by atoms with van der Waals surface area (Å²) >= 11 is 5.88. The number of ether oxygens (including phenoxy) is 2. The molecule has 1 N–H and O–H groups in total. The van der Waals surface area contributed by atoms with Gasteiger partial charge in [0, 0.05) is 5.69 Å². The largest absolute Gasteiger partial charge is 0.486 e. The zero-order chi connectivity index (χ0) is 21.0. The maximum atomic E-state index is 12.3. The number of anilines is 1. The van der Waals surface area contributed by atoms with E-state index in [1.165, 1.54) is 24.3 Å². The van der Waals surface area contributed by atoms with Crippen molar-refractivity contribution in [3.05, 3.63) is 76.2 Å². The molecule has 29 heavy (non-hydrogen) atoms. The lowest BCUT2D eigenvalue weighted by Crippen LogP contribution is -2.11. The Hall–Kier alpha value is -3.06. The standard InChI is InChI=1S/C21H18ClF2NO4/c1-12-7-13(2)9-16(8-12)27-11-15-4-6-19(28-15)20(26)25-14-3-5-18(17(22)10-14)29-21(23)24/h3-10,21H,11H2,1-2H3,(H,25,26). The Bertz CT molecular complexity index is 999. The van der Waals surface area contributed by atoms with Gasteiger partial charge in [0.25, 0.3) is 5.91 Å². The Morgan fingerprint density at radius 3 is 2.48 bits per heavy atom. The molecule has 1 amide bonds. The lowest BCUT2D eigenvalue weighted by atomic mass is 10.1. The van der Waals surface area contributed by atoms with Gasteiger partial charge in [-0.3, -0.25) is 4.79 Å². The van der Waals surface area contributed by atoms with E-state index < -0.39 is 12.5 Å². The average molecular weight is 422 g/mol. The van der Waals surface area contributed by atoms with Crippen molar-refractivity contribution in [2.24, 2.45) is 0 Å². The average Bonchev–Trinajstić information content (AvgIpc) is 3.10. The number of carbonyl (C=O) groups is 1. The lowest BCUT2D eigenvalue weighted by Gasteiger charge is -2.09. The first-order chi connectivity index (χ1) is 13.8. The number of carbonyl (C=O) groups excluding carboxylic acids is 1. The summed E-state index contributed by atoms with van der Waals surface area (Å²) in [6.45, 7) is 1.14. The summed E-state index contributed by atoms with van der Waals surface area (Å²) in [7, 11) is 0. The van der Waals surface area contributed by atoms with Gasteiger partial charge in [0.05, 0.1) is 5.02 Å².